The van der Waals surface area contributed by atoms with Crippen molar-refractivity contribution in [3.05, 3.63) is 41.9 Å². The summed E-state index contributed by atoms with van der Waals surface area (Å²) >= 11 is 5.50. The zero-order valence-electron chi connectivity index (χ0n) is 10.1. The summed E-state index contributed by atoms with van der Waals surface area (Å²) in [6.45, 7) is 0.582. The fraction of sp³-hybridized carbons (Fsp3) is 0.231. The second-order valence-electron chi connectivity index (χ2n) is 3.63. The predicted molar refractivity (Wildman–Crippen MR) is 72.1 cm³/mol. The van der Waals surface area contributed by atoms with Gasteiger partial charge in [0.1, 0.15) is 17.5 Å². The van der Waals surface area contributed by atoms with E-state index in [0.29, 0.717) is 18.1 Å². The van der Waals surface area contributed by atoms with Gasteiger partial charge in [0, 0.05) is 24.3 Å². The summed E-state index contributed by atoms with van der Waals surface area (Å²) in [5, 5.41) is 14.2. The third kappa shape index (κ3) is 5.40. The van der Waals surface area contributed by atoms with E-state index in [1.807, 2.05) is 0 Å². The zero-order valence-corrected chi connectivity index (χ0v) is 10.9. The second kappa shape index (κ2) is 8.11. The number of amides is 1. The van der Waals surface area contributed by atoms with Gasteiger partial charge in [0.2, 0.25) is 0 Å². The first-order valence-electron chi connectivity index (χ1n) is 5.64. The third-order valence-corrected chi connectivity index (χ3v) is 2.44. The number of nitriles is 1. The number of carbonyl (C=O) groups is 1. The summed E-state index contributed by atoms with van der Waals surface area (Å²) in [5.41, 5.74) is 0.368. The molecule has 6 heteroatoms. The molecule has 0 saturated carbocycles. The number of nitrogens with one attached hydrogen (secondary N) is 2. The highest BCUT2D eigenvalue weighted by Crippen LogP contribution is 2.09. The average Bonchev–Trinajstić information content (AvgIpc) is 2.41. The molecule has 1 aromatic carbocycles. The van der Waals surface area contributed by atoms with E-state index >= 15 is 0 Å². The molecule has 0 aliphatic heterocycles. The van der Waals surface area contributed by atoms with Crippen LogP contribution in [-0.4, -0.2) is 18.3 Å². The summed E-state index contributed by atoms with van der Waals surface area (Å²) in [7, 11) is 0. The first kappa shape index (κ1) is 15.0. The van der Waals surface area contributed by atoms with Crippen molar-refractivity contribution in [3.63, 3.8) is 0 Å². The van der Waals surface area contributed by atoms with Crippen molar-refractivity contribution in [1.82, 2.24) is 5.32 Å². The Morgan fingerprint density at radius 1 is 1.42 bits per heavy atom. The van der Waals surface area contributed by atoms with Crippen LogP contribution in [0.5, 0.6) is 0 Å². The second-order valence-corrected chi connectivity index (χ2v) is 4.01. The Kier molecular flexibility index (Phi) is 6.41. The maximum absolute atomic E-state index is 12.7. The van der Waals surface area contributed by atoms with Crippen LogP contribution in [0.15, 0.2) is 36.0 Å². The molecule has 0 saturated heterocycles. The first-order chi connectivity index (χ1) is 9.17. The number of hydrogen-bond donors (Lipinski definition) is 2. The molecule has 2 N–H and O–H groups in total. The normalized spacial score (nSPS) is 10.7. The Hall–Kier alpha value is -2.06. The van der Waals surface area contributed by atoms with Gasteiger partial charge >= 0.3 is 0 Å². The molecule has 0 heterocycles. The van der Waals surface area contributed by atoms with Gasteiger partial charge in [-0.3, -0.25) is 4.79 Å². The molecule has 0 unspecified atom stereocenters. The molecule has 100 valence electrons. The van der Waals surface area contributed by atoms with E-state index in [-0.39, 0.29) is 5.57 Å². The quantitative estimate of drug-likeness (QED) is 0.364. The number of nitrogens with zero attached hydrogens (tertiary/aromatic N) is 1. The molecule has 1 rings (SSSR count). The van der Waals surface area contributed by atoms with Gasteiger partial charge in [-0.05, 0) is 30.7 Å². The van der Waals surface area contributed by atoms with Gasteiger partial charge in [-0.2, -0.15) is 5.26 Å². The average molecular weight is 282 g/mol. The van der Waals surface area contributed by atoms with Gasteiger partial charge in [0.15, 0.2) is 0 Å². The molecule has 0 aromatic heterocycles. The van der Waals surface area contributed by atoms with E-state index < -0.39 is 11.7 Å². The van der Waals surface area contributed by atoms with E-state index in [2.05, 4.69) is 10.6 Å². The molecule has 0 atom stereocenters. The van der Waals surface area contributed by atoms with Crippen LogP contribution in [0.2, 0.25) is 0 Å². The minimum absolute atomic E-state index is 0.0566. The lowest BCUT2D eigenvalue weighted by Crippen LogP contribution is -2.17. The molecule has 0 spiro atoms. The lowest BCUT2D eigenvalue weighted by atomic mass is 10.2. The van der Waals surface area contributed by atoms with Crippen molar-refractivity contribution in [3.8, 4) is 6.07 Å². The number of anilines is 1. The summed E-state index contributed by atoms with van der Waals surface area (Å²) < 4.78 is 12.7. The van der Waals surface area contributed by atoms with Crippen LogP contribution in [-0.2, 0) is 4.79 Å². The summed E-state index contributed by atoms with van der Waals surface area (Å²) in [6.07, 6.45) is 2.07. The number of carbonyl (C=O) groups excluding carboxylic acids is 1. The van der Waals surface area contributed by atoms with E-state index in [4.69, 9.17) is 16.9 Å². The largest absolute Gasteiger partial charge is 0.390 e. The lowest BCUT2D eigenvalue weighted by molar-refractivity contribution is -0.112. The molecular weight excluding hydrogens is 269 g/mol. The molecule has 1 amide bonds. The Labute approximate surface area is 115 Å². The number of alkyl halides is 1. The van der Waals surface area contributed by atoms with Crippen molar-refractivity contribution in [1.29, 1.82) is 5.26 Å². The molecule has 4 nitrogen and oxygen atoms in total. The predicted octanol–water partition coefficient (Wildman–Crippen LogP) is 2.39. The maximum atomic E-state index is 12.7. The lowest BCUT2D eigenvalue weighted by Gasteiger charge is -2.04. The van der Waals surface area contributed by atoms with Gasteiger partial charge in [-0.25, -0.2) is 4.39 Å². The van der Waals surface area contributed by atoms with Crippen molar-refractivity contribution in [2.75, 3.05) is 17.7 Å². The van der Waals surface area contributed by atoms with Crippen LogP contribution < -0.4 is 10.6 Å². The molecule has 0 fully saturated rings. The van der Waals surface area contributed by atoms with E-state index in [9.17, 15) is 9.18 Å². The highest BCUT2D eigenvalue weighted by atomic mass is 35.5. The highest BCUT2D eigenvalue weighted by molar-refractivity contribution is 6.17. The fourth-order valence-corrected chi connectivity index (χ4v) is 1.36. The van der Waals surface area contributed by atoms with Crippen molar-refractivity contribution in [2.45, 2.75) is 6.42 Å². The van der Waals surface area contributed by atoms with E-state index in [1.54, 1.807) is 6.07 Å². The first-order valence-corrected chi connectivity index (χ1v) is 6.17. The summed E-state index contributed by atoms with van der Waals surface area (Å²) in [4.78, 5) is 11.7. The van der Waals surface area contributed by atoms with Crippen LogP contribution in [0.3, 0.4) is 0 Å². The van der Waals surface area contributed by atoms with Crippen molar-refractivity contribution >= 4 is 23.2 Å². The maximum Gasteiger partial charge on any atom is 0.267 e. The standard InChI is InChI=1S/C13H13ClFN3O/c14-6-1-7-17-9-10(8-16)13(19)18-12-4-2-11(15)3-5-12/h2-5,9,17H,1,6-7H2,(H,18,19)/b10-9-. The molecule has 19 heavy (non-hydrogen) atoms. The zero-order chi connectivity index (χ0) is 14.1. The molecule has 0 aliphatic rings. The van der Waals surface area contributed by atoms with Gasteiger partial charge in [0.05, 0.1) is 0 Å². The highest BCUT2D eigenvalue weighted by Gasteiger charge is 2.08. The summed E-state index contributed by atoms with van der Waals surface area (Å²) in [5.74, 6) is -0.436. The van der Waals surface area contributed by atoms with Crippen LogP contribution in [0.25, 0.3) is 0 Å². The molecule has 1 aromatic rings. The number of halogens is 2. The molecule has 0 radical (unpaired) electrons. The van der Waals surface area contributed by atoms with E-state index in [1.165, 1.54) is 30.5 Å². The summed E-state index contributed by atoms with van der Waals surface area (Å²) in [6, 6.07) is 7.08. The van der Waals surface area contributed by atoms with Gasteiger partial charge in [-0.1, -0.05) is 0 Å². The van der Waals surface area contributed by atoms with Gasteiger partial charge < -0.3 is 10.6 Å². The monoisotopic (exact) mass is 281 g/mol. The van der Waals surface area contributed by atoms with Crippen LogP contribution >= 0.6 is 11.6 Å². The fourth-order valence-electron chi connectivity index (χ4n) is 1.22. The van der Waals surface area contributed by atoms with Crippen LogP contribution in [0.4, 0.5) is 10.1 Å². The van der Waals surface area contributed by atoms with Gasteiger partial charge in [0.25, 0.3) is 5.91 Å². The smallest absolute Gasteiger partial charge is 0.267 e. The Bertz CT molecular complexity index is 494. The Morgan fingerprint density at radius 2 is 2.11 bits per heavy atom. The topological polar surface area (TPSA) is 64.9 Å². The number of hydrogen-bond acceptors (Lipinski definition) is 3. The third-order valence-electron chi connectivity index (χ3n) is 2.17. The van der Waals surface area contributed by atoms with Crippen molar-refractivity contribution in [2.24, 2.45) is 0 Å². The van der Waals surface area contributed by atoms with Crippen LogP contribution in [0, 0.1) is 17.1 Å². The number of rotatable bonds is 6. The van der Waals surface area contributed by atoms with E-state index in [0.717, 1.165) is 6.42 Å². The Morgan fingerprint density at radius 3 is 2.68 bits per heavy atom. The number of benzene rings is 1. The molecular formula is C13H13ClFN3O. The minimum atomic E-state index is -0.549. The Balaban J connectivity index is 2.59. The van der Waals surface area contributed by atoms with Gasteiger partial charge in [-0.15, -0.1) is 11.6 Å². The minimum Gasteiger partial charge on any atom is -0.390 e. The van der Waals surface area contributed by atoms with Crippen molar-refractivity contribution < 1.29 is 9.18 Å². The molecule has 0 bridgehead atoms. The SMILES string of the molecule is N#C/C(=C/NCCCCl)C(=O)Nc1ccc(F)cc1. The molecule has 0 aliphatic carbocycles. The van der Waals surface area contributed by atoms with Crippen LogP contribution in [0.1, 0.15) is 6.42 Å².